The van der Waals surface area contributed by atoms with E-state index in [-0.39, 0.29) is 22.2 Å². The summed E-state index contributed by atoms with van der Waals surface area (Å²) in [5, 5.41) is 20.7. The number of anilines is 6. The molecule has 0 saturated carbocycles. The van der Waals surface area contributed by atoms with Gasteiger partial charge in [0.2, 0.25) is 0 Å². The van der Waals surface area contributed by atoms with Gasteiger partial charge in [0, 0.05) is 33.3 Å². The summed E-state index contributed by atoms with van der Waals surface area (Å²) in [5.41, 5.74) is 13.7. The van der Waals surface area contributed by atoms with Crippen LogP contribution in [0.15, 0.2) is 146 Å². The molecule has 3 heterocycles. The van der Waals surface area contributed by atoms with Gasteiger partial charge in [-0.3, -0.25) is 0 Å². The predicted molar refractivity (Wildman–Crippen MR) is 216 cm³/mol. The Balaban J connectivity index is 1.07. The maximum atomic E-state index is 10.3. The Morgan fingerprint density at radius 3 is 0.963 bits per heavy atom. The average molecular weight is 697 g/mol. The lowest BCUT2D eigenvalue weighted by Crippen LogP contribution is -2.30. The molecular weight excluding hydrogens is 661 g/mol. The summed E-state index contributed by atoms with van der Waals surface area (Å²) in [6, 6.07) is 54.6. The first-order chi connectivity index (χ1) is 26.2. The van der Waals surface area contributed by atoms with Crippen molar-refractivity contribution >= 4 is 34.1 Å². The van der Waals surface area contributed by atoms with Crippen LogP contribution < -0.4 is 9.80 Å². The van der Waals surface area contributed by atoms with Crippen LogP contribution in [0.3, 0.4) is 0 Å². The van der Waals surface area contributed by atoms with Gasteiger partial charge in [-0.15, -0.1) is 0 Å². The largest absolute Gasteiger partial charge is 0.310 e. The molecule has 0 amide bonds. The first-order valence-electron chi connectivity index (χ1n) is 18.1. The molecule has 0 aliphatic carbocycles. The van der Waals surface area contributed by atoms with E-state index < -0.39 is 0 Å². The molecule has 6 aromatic carbocycles. The van der Waals surface area contributed by atoms with Crippen molar-refractivity contribution in [1.82, 2.24) is 9.97 Å². The predicted octanol–water partition coefficient (Wildman–Crippen LogP) is 11.8. The minimum atomic E-state index is -0.154. The van der Waals surface area contributed by atoms with Crippen LogP contribution in [0.4, 0.5) is 34.1 Å². The molecular formula is C48H36N6. The monoisotopic (exact) mass is 696 g/mol. The van der Waals surface area contributed by atoms with Gasteiger partial charge >= 0.3 is 0 Å². The second-order valence-corrected chi connectivity index (χ2v) is 14.9. The number of para-hydroxylation sites is 4. The van der Waals surface area contributed by atoms with Gasteiger partial charge in [0.1, 0.15) is 23.5 Å². The highest BCUT2D eigenvalue weighted by Gasteiger charge is 2.38. The van der Waals surface area contributed by atoms with Crippen LogP contribution in [-0.4, -0.2) is 9.97 Å². The van der Waals surface area contributed by atoms with E-state index >= 15 is 0 Å². The molecule has 0 saturated heterocycles. The van der Waals surface area contributed by atoms with Crippen molar-refractivity contribution in [2.24, 2.45) is 0 Å². The molecule has 0 N–H and O–H groups in total. The minimum absolute atomic E-state index is 0.154. The number of fused-ring (bicyclic) bond motifs is 4. The van der Waals surface area contributed by atoms with Crippen LogP contribution in [0.1, 0.15) is 61.3 Å². The first-order valence-corrected chi connectivity index (χ1v) is 18.1. The number of benzene rings is 6. The van der Waals surface area contributed by atoms with E-state index in [1.165, 1.54) is 22.3 Å². The fraction of sp³-hybridized carbons (Fsp3) is 0.125. The van der Waals surface area contributed by atoms with Gasteiger partial charge in [-0.25, -0.2) is 9.97 Å². The number of rotatable bonds is 4. The van der Waals surface area contributed by atoms with Gasteiger partial charge in [-0.1, -0.05) is 125 Å². The Labute approximate surface area is 315 Å². The van der Waals surface area contributed by atoms with Crippen LogP contribution in [0.5, 0.6) is 0 Å². The summed E-state index contributed by atoms with van der Waals surface area (Å²) in [7, 11) is 0. The zero-order chi connectivity index (χ0) is 37.2. The minimum Gasteiger partial charge on any atom is -0.310 e. The highest BCUT2D eigenvalue weighted by atomic mass is 15.2. The van der Waals surface area contributed by atoms with Gasteiger partial charge in [0.05, 0.1) is 22.7 Å². The summed E-state index contributed by atoms with van der Waals surface area (Å²) in [5.74, 6) is 0. The molecule has 0 bridgehead atoms. The number of nitrogens with zero attached hydrogens (tertiary/aromatic N) is 6. The van der Waals surface area contributed by atoms with Crippen molar-refractivity contribution in [3.63, 3.8) is 0 Å². The number of nitriles is 2. The fourth-order valence-corrected chi connectivity index (χ4v) is 8.43. The van der Waals surface area contributed by atoms with E-state index in [4.69, 9.17) is 9.97 Å². The van der Waals surface area contributed by atoms with Gasteiger partial charge in [0.25, 0.3) is 0 Å². The van der Waals surface area contributed by atoms with Crippen molar-refractivity contribution < 1.29 is 0 Å². The second kappa shape index (κ2) is 12.3. The molecule has 6 nitrogen and oxygen atoms in total. The van der Waals surface area contributed by atoms with Crippen LogP contribution >= 0.6 is 0 Å². The van der Waals surface area contributed by atoms with Gasteiger partial charge in [-0.2, -0.15) is 10.5 Å². The quantitative estimate of drug-likeness (QED) is 0.182. The molecule has 0 atom stereocenters. The summed E-state index contributed by atoms with van der Waals surface area (Å²) in [6.07, 6.45) is 0. The molecule has 54 heavy (non-hydrogen) atoms. The third-order valence-electron chi connectivity index (χ3n) is 11.2. The van der Waals surface area contributed by atoms with Crippen molar-refractivity contribution in [2.75, 3.05) is 9.80 Å². The van der Waals surface area contributed by atoms with Gasteiger partial charge in [0.15, 0.2) is 11.4 Å². The zero-order valence-electron chi connectivity index (χ0n) is 30.5. The van der Waals surface area contributed by atoms with E-state index in [1.807, 2.05) is 48.5 Å². The van der Waals surface area contributed by atoms with Crippen molar-refractivity contribution in [1.29, 1.82) is 10.5 Å². The molecule has 2 aliphatic heterocycles. The van der Waals surface area contributed by atoms with E-state index in [0.29, 0.717) is 22.5 Å². The topological polar surface area (TPSA) is 79.8 Å². The Kier molecular flexibility index (Phi) is 7.48. The smallest absolute Gasteiger partial charge is 0.167 e. The lowest BCUT2D eigenvalue weighted by Gasteiger charge is -2.42. The molecule has 6 heteroatoms. The Morgan fingerprint density at radius 1 is 0.407 bits per heavy atom. The van der Waals surface area contributed by atoms with E-state index in [2.05, 4.69) is 147 Å². The number of hydrogen-bond donors (Lipinski definition) is 0. The SMILES string of the molecule is CC1(C)c2ccccc2N(c2ccc(-c3nc(C#N)c(-c4ccc(N5c6ccccc6C(C)(C)c6ccccc65)cc4)nc3C#N)cc2)c2ccccc21. The lowest BCUT2D eigenvalue weighted by atomic mass is 9.73. The van der Waals surface area contributed by atoms with Crippen LogP contribution in [0, 0.1) is 22.7 Å². The first kappa shape index (κ1) is 32.9. The highest BCUT2D eigenvalue weighted by molar-refractivity contribution is 5.88. The zero-order valence-corrected chi connectivity index (χ0v) is 30.5. The molecule has 2 aliphatic rings. The van der Waals surface area contributed by atoms with Crippen LogP contribution in [-0.2, 0) is 10.8 Å². The third-order valence-corrected chi connectivity index (χ3v) is 11.2. The van der Waals surface area contributed by atoms with E-state index in [0.717, 1.165) is 34.1 Å². The summed E-state index contributed by atoms with van der Waals surface area (Å²) in [6.45, 7) is 9.08. The normalized spacial score (nSPS) is 14.5. The average Bonchev–Trinajstić information content (AvgIpc) is 3.21. The number of aromatic nitrogens is 2. The molecule has 1 aromatic heterocycles. The summed E-state index contributed by atoms with van der Waals surface area (Å²) >= 11 is 0. The maximum absolute atomic E-state index is 10.3. The number of hydrogen-bond acceptors (Lipinski definition) is 6. The molecule has 0 fully saturated rings. The molecule has 7 aromatic rings. The second-order valence-electron chi connectivity index (χ2n) is 14.9. The molecule has 0 spiro atoms. The molecule has 0 unspecified atom stereocenters. The Morgan fingerprint density at radius 2 is 0.685 bits per heavy atom. The summed E-state index contributed by atoms with van der Waals surface area (Å²) < 4.78 is 0. The highest BCUT2D eigenvalue weighted by Crippen LogP contribution is 2.53. The Hall–Kier alpha value is -7.02. The van der Waals surface area contributed by atoms with E-state index in [9.17, 15) is 10.5 Å². The third kappa shape index (κ3) is 4.92. The fourth-order valence-electron chi connectivity index (χ4n) is 8.43. The Bertz CT molecular complexity index is 2410. The lowest BCUT2D eigenvalue weighted by molar-refractivity contribution is 0.632. The van der Waals surface area contributed by atoms with Gasteiger partial charge < -0.3 is 9.80 Å². The van der Waals surface area contributed by atoms with Crippen molar-refractivity contribution in [3.05, 3.63) is 179 Å². The molecule has 0 radical (unpaired) electrons. The van der Waals surface area contributed by atoms with Crippen molar-refractivity contribution in [2.45, 2.75) is 38.5 Å². The van der Waals surface area contributed by atoms with Crippen molar-refractivity contribution in [3.8, 4) is 34.7 Å². The van der Waals surface area contributed by atoms with E-state index in [1.54, 1.807) is 0 Å². The summed E-state index contributed by atoms with van der Waals surface area (Å²) in [4.78, 5) is 14.1. The van der Waals surface area contributed by atoms with Crippen LogP contribution in [0.25, 0.3) is 22.5 Å². The van der Waals surface area contributed by atoms with Gasteiger partial charge in [-0.05, 0) is 70.8 Å². The standard InChI is InChI=1S/C48H36N6/c1-47(2)35-13-5-9-17-41(35)53(42-18-10-6-14-36(42)47)33-25-21-31(22-26-33)45-39(29-49)52-46(40(30-50)51-45)32-23-27-34(28-24-32)54-43-19-11-7-15-37(43)48(3,4)38-16-8-12-20-44(38)54/h5-28H,1-4H3. The maximum Gasteiger partial charge on any atom is 0.167 e. The van der Waals surface area contributed by atoms with Crippen LogP contribution in [0.2, 0.25) is 0 Å². The molecule has 258 valence electrons. The molecule has 9 rings (SSSR count).